The average molecular weight is 393 g/mol. The van der Waals surface area contributed by atoms with Gasteiger partial charge in [-0.2, -0.15) is 0 Å². The van der Waals surface area contributed by atoms with Crippen LogP contribution in [-0.2, 0) is 4.79 Å². The van der Waals surface area contributed by atoms with E-state index in [0.29, 0.717) is 41.4 Å². The molecule has 4 nitrogen and oxygen atoms in total. The number of aliphatic carboxylic acids is 1. The smallest absolute Gasteiger partial charge is 0.303 e. The van der Waals surface area contributed by atoms with E-state index in [4.69, 9.17) is 5.11 Å². The Labute approximate surface area is 170 Å². The summed E-state index contributed by atoms with van der Waals surface area (Å²) in [5, 5.41) is 30.4. The zero-order chi connectivity index (χ0) is 20.1. The van der Waals surface area contributed by atoms with Crippen LogP contribution in [0.4, 0.5) is 0 Å². The first-order valence-electron chi connectivity index (χ1n) is 11.8. The van der Waals surface area contributed by atoms with Gasteiger partial charge in [-0.25, -0.2) is 0 Å². The van der Waals surface area contributed by atoms with Crippen molar-refractivity contribution in [2.75, 3.05) is 6.61 Å². The fourth-order valence-electron chi connectivity index (χ4n) is 8.80. The summed E-state index contributed by atoms with van der Waals surface area (Å²) in [6.07, 6.45) is 11.5. The summed E-state index contributed by atoms with van der Waals surface area (Å²) >= 11 is 0. The molecule has 0 aliphatic heterocycles. The second-order valence-electron chi connectivity index (χ2n) is 11.1. The maximum Gasteiger partial charge on any atom is 0.303 e. The van der Waals surface area contributed by atoms with Gasteiger partial charge >= 0.3 is 5.97 Å². The topological polar surface area (TPSA) is 77.8 Å². The van der Waals surface area contributed by atoms with Gasteiger partial charge in [0.15, 0.2) is 0 Å². The second-order valence-corrected chi connectivity index (χ2v) is 11.1. The SMILES string of the molecule is C[C@]12CCCC[C@H]1CC(O)[C@@H]1[C@@H]2CC[C@]2(C)[C@@H]([C@H](CO)CCC(=O)O)CC[C@@H]12. The molecule has 0 spiro atoms. The van der Waals surface area contributed by atoms with Crippen LogP contribution in [0.3, 0.4) is 0 Å². The summed E-state index contributed by atoms with van der Waals surface area (Å²) in [6.45, 7) is 5.02. The van der Waals surface area contributed by atoms with Gasteiger partial charge < -0.3 is 15.3 Å². The molecule has 4 aliphatic carbocycles. The highest BCUT2D eigenvalue weighted by molar-refractivity contribution is 5.66. The molecule has 3 N–H and O–H groups in total. The quantitative estimate of drug-likeness (QED) is 0.645. The van der Waals surface area contributed by atoms with Gasteiger partial charge in [0.2, 0.25) is 0 Å². The molecule has 0 heterocycles. The maximum absolute atomic E-state index is 11.3. The van der Waals surface area contributed by atoms with Crippen LogP contribution in [0.15, 0.2) is 0 Å². The molecule has 0 amide bonds. The summed E-state index contributed by atoms with van der Waals surface area (Å²) in [7, 11) is 0. The molecule has 0 aromatic heterocycles. The summed E-state index contributed by atoms with van der Waals surface area (Å²) in [4.78, 5) is 11.1. The van der Waals surface area contributed by atoms with E-state index in [0.717, 1.165) is 19.3 Å². The van der Waals surface area contributed by atoms with Crippen molar-refractivity contribution in [3.05, 3.63) is 0 Å². The van der Waals surface area contributed by atoms with Crippen molar-refractivity contribution in [3.63, 3.8) is 0 Å². The minimum absolute atomic E-state index is 0.0846. The predicted molar refractivity (Wildman–Crippen MR) is 109 cm³/mol. The third-order valence-corrected chi connectivity index (χ3v) is 10.2. The molecule has 1 unspecified atom stereocenters. The zero-order valence-electron chi connectivity index (χ0n) is 17.8. The Morgan fingerprint density at radius 2 is 1.79 bits per heavy atom. The number of carbonyl (C=O) groups is 1. The van der Waals surface area contributed by atoms with Gasteiger partial charge in [0.25, 0.3) is 0 Å². The zero-order valence-corrected chi connectivity index (χ0v) is 17.8. The van der Waals surface area contributed by atoms with E-state index < -0.39 is 5.97 Å². The van der Waals surface area contributed by atoms with E-state index in [1.165, 1.54) is 38.5 Å². The summed E-state index contributed by atoms with van der Waals surface area (Å²) < 4.78 is 0. The van der Waals surface area contributed by atoms with Crippen molar-refractivity contribution < 1.29 is 20.1 Å². The van der Waals surface area contributed by atoms with Crippen molar-refractivity contribution in [1.29, 1.82) is 0 Å². The number of rotatable bonds is 5. The Morgan fingerprint density at radius 1 is 1.04 bits per heavy atom. The van der Waals surface area contributed by atoms with E-state index in [1.54, 1.807) is 0 Å². The van der Waals surface area contributed by atoms with Crippen LogP contribution in [0, 0.1) is 46.3 Å². The third-order valence-electron chi connectivity index (χ3n) is 10.2. The van der Waals surface area contributed by atoms with Crippen LogP contribution < -0.4 is 0 Å². The average Bonchev–Trinajstić information content (AvgIpc) is 3.00. The summed E-state index contributed by atoms with van der Waals surface area (Å²) in [6, 6.07) is 0. The molecule has 160 valence electrons. The molecule has 28 heavy (non-hydrogen) atoms. The Kier molecular flexibility index (Phi) is 5.59. The minimum Gasteiger partial charge on any atom is -0.481 e. The number of carboxylic acids is 1. The van der Waals surface area contributed by atoms with Gasteiger partial charge in [0.1, 0.15) is 0 Å². The van der Waals surface area contributed by atoms with Crippen molar-refractivity contribution in [3.8, 4) is 0 Å². The first kappa shape index (κ1) is 20.7. The molecular weight excluding hydrogens is 352 g/mol. The van der Waals surface area contributed by atoms with E-state index in [1.807, 2.05) is 0 Å². The highest BCUT2D eigenvalue weighted by Crippen LogP contribution is 2.68. The normalized spacial score (nSPS) is 49.0. The van der Waals surface area contributed by atoms with E-state index in [-0.39, 0.29) is 30.5 Å². The highest BCUT2D eigenvalue weighted by Gasteiger charge is 2.62. The van der Waals surface area contributed by atoms with Gasteiger partial charge in [-0.1, -0.05) is 26.7 Å². The molecule has 0 radical (unpaired) electrons. The van der Waals surface area contributed by atoms with Gasteiger partial charge in [-0.15, -0.1) is 0 Å². The van der Waals surface area contributed by atoms with Crippen molar-refractivity contribution in [2.24, 2.45) is 46.3 Å². The summed E-state index contributed by atoms with van der Waals surface area (Å²) in [5.41, 5.74) is 0.549. The first-order chi connectivity index (χ1) is 13.3. The number of fused-ring (bicyclic) bond motifs is 5. The highest BCUT2D eigenvalue weighted by atomic mass is 16.4. The lowest BCUT2D eigenvalue weighted by atomic mass is 9.44. The standard InChI is InChI=1S/C24H40O4/c1-23-11-4-3-5-16(23)13-20(26)22-18-8-7-17(15(14-25)6-9-21(27)28)24(18,2)12-10-19(22)23/h15-20,22,25-26H,3-14H2,1-2H3,(H,27,28)/t15-,16-,17+,18-,19-,20?,22-,23-,24+/m0/s1. The van der Waals surface area contributed by atoms with Gasteiger partial charge in [0, 0.05) is 13.0 Å². The lowest BCUT2D eigenvalue weighted by Gasteiger charge is -2.62. The minimum atomic E-state index is -0.763. The third kappa shape index (κ3) is 3.14. The molecule has 4 saturated carbocycles. The first-order valence-corrected chi connectivity index (χ1v) is 11.8. The van der Waals surface area contributed by atoms with Gasteiger partial charge in [-0.3, -0.25) is 4.79 Å². The Morgan fingerprint density at radius 3 is 2.50 bits per heavy atom. The van der Waals surface area contributed by atoms with E-state index in [9.17, 15) is 15.0 Å². The number of hydrogen-bond donors (Lipinski definition) is 3. The fourth-order valence-corrected chi connectivity index (χ4v) is 8.80. The van der Waals surface area contributed by atoms with Gasteiger partial charge in [-0.05, 0) is 97.7 Å². The lowest BCUT2D eigenvalue weighted by molar-refractivity contribution is -0.165. The number of aliphatic hydroxyl groups is 2. The van der Waals surface area contributed by atoms with Crippen molar-refractivity contribution >= 4 is 5.97 Å². The van der Waals surface area contributed by atoms with Crippen LogP contribution >= 0.6 is 0 Å². The Bertz CT molecular complexity index is 591. The molecule has 4 rings (SSSR count). The maximum atomic E-state index is 11.3. The largest absolute Gasteiger partial charge is 0.481 e. The van der Waals surface area contributed by atoms with E-state index in [2.05, 4.69) is 13.8 Å². The van der Waals surface area contributed by atoms with Crippen molar-refractivity contribution in [1.82, 2.24) is 0 Å². The number of carboxylic acid groups (broad SMARTS) is 1. The second kappa shape index (κ2) is 7.58. The Balaban J connectivity index is 1.57. The molecule has 4 heteroatoms. The number of hydrogen-bond acceptors (Lipinski definition) is 3. The molecule has 0 saturated heterocycles. The molecule has 0 aromatic carbocycles. The van der Waals surface area contributed by atoms with E-state index >= 15 is 0 Å². The molecule has 4 fully saturated rings. The molecular formula is C24H40O4. The fraction of sp³-hybridized carbons (Fsp3) is 0.958. The van der Waals surface area contributed by atoms with Crippen LogP contribution in [0.1, 0.15) is 84.5 Å². The van der Waals surface area contributed by atoms with Crippen LogP contribution in [0.25, 0.3) is 0 Å². The van der Waals surface area contributed by atoms with Crippen LogP contribution in [0.5, 0.6) is 0 Å². The van der Waals surface area contributed by atoms with Crippen LogP contribution in [0.2, 0.25) is 0 Å². The van der Waals surface area contributed by atoms with Gasteiger partial charge in [0.05, 0.1) is 6.10 Å². The molecule has 0 aromatic rings. The van der Waals surface area contributed by atoms with Crippen LogP contribution in [-0.4, -0.2) is 34.0 Å². The number of aliphatic hydroxyl groups excluding tert-OH is 2. The summed E-state index contributed by atoms with van der Waals surface area (Å²) in [5.74, 6) is 1.99. The molecule has 0 bridgehead atoms. The monoisotopic (exact) mass is 392 g/mol. The predicted octanol–water partition coefficient (Wildman–Crippen LogP) is 4.48. The Hall–Kier alpha value is -0.610. The van der Waals surface area contributed by atoms with Crippen molar-refractivity contribution in [2.45, 2.75) is 90.6 Å². The molecule has 4 aliphatic rings. The molecule has 9 atom stereocenters. The lowest BCUT2D eigenvalue weighted by Crippen LogP contribution is -2.57.